The van der Waals surface area contributed by atoms with E-state index in [2.05, 4.69) is 9.97 Å². The van der Waals surface area contributed by atoms with Gasteiger partial charge < -0.3 is 15.4 Å². The van der Waals surface area contributed by atoms with Crippen LogP contribution in [0.2, 0.25) is 0 Å². The van der Waals surface area contributed by atoms with Gasteiger partial charge in [-0.2, -0.15) is 0 Å². The minimum absolute atomic E-state index is 0.0713. The van der Waals surface area contributed by atoms with E-state index in [0.29, 0.717) is 29.3 Å². The normalized spacial score (nSPS) is 10.9. The molecule has 0 unspecified atom stereocenters. The number of aryl methyl sites for hydroxylation is 2. The third kappa shape index (κ3) is 3.94. The zero-order valence-electron chi connectivity index (χ0n) is 11.6. The van der Waals surface area contributed by atoms with Crippen LogP contribution in [-0.2, 0) is 16.1 Å². The lowest BCUT2D eigenvalue weighted by molar-refractivity contribution is -0.133. The first kappa shape index (κ1) is 15.3. The molecule has 112 valence electrons. The number of hydrogen-bond acceptors (Lipinski definition) is 5. The first-order valence-corrected chi connectivity index (χ1v) is 7.42. The standard InChI is InChI=1S/C13H16N4O3S/c1-8-4-5-9-12(15-8)17(6-2-3-10(14)18)13(16-9)21-7-11(19)20/h4-5H,2-3,6-7H2,1H3,(H2,14,18)(H,19,20). The van der Waals surface area contributed by atoms with E-state index in [0.717, 1.165) is 17.5 Å². The second kappa shape index (κ2) is 6.57. The van der Waals surface area contributed by atoms with Gasteiger partial charge in [0.2, 0.25) is 5.91 Å². The Balaban J connectivity index is 2.30. The molecule has 0 fully saturated rings. The van der Waals surface area contributed by atoms with Crippen molar-refractivity contribution in [2.75, 3.05) is 5.75 Å². The Labute approximate surface area is 125 Å². The molecule has 21 heavy (non-hydrogen) atoms. The molecule has 0 saturated carbocycles. The summed E-state index contributed by atoms with van der Waals surface area (Å²) in [7, 11) is 0. The second-order valence-electron chi connectivity index (χ2n) is 4.59. The van der Waals surface area contributed by atoms with Gasteiger partial charge >= 0.3 is 5.97 Å². The van der Waals surface area contributed by atoms with Gasteiger partial charge in [0.1, 0.15) is 5.52 Å². The van der Waals surface area contributed by atoms with Gasteiger partial charge in [-0.1, -0.05) is 11.8 Å². The topological polar surface area (TPSA) is 111 Å². The quantitative estimate of drug-likeness (QED) is 0.743. The highest BCUT2D eigenvalue weighted by Crippen LogP contribution is 2.23. The highest BCUT2D eigenvalue weighted by Gasteiger charge is 2.14. The number of amides is 1. The van der Waals surface area contributed by atoms with Crippen LogP contribution in [0.3, 0.4) is 0 Å². The van der Waals surface area contributed by atoms with Gasteiger partial charge in [-0.15, -0.1) is 0 Å². The Morgan fingerprint density at radius 2 is 2.14 bits per heavy atom. The molecule has 3 N–H and O–H groups in total. The summed E-state index contributed by atoms with van der Waals surface area (Å²) in [5.41, 5.74) is 7.41. The zero-order chi connectivity index (χ0) is 15.4. The third-order valence-corrected chi connectivity index (χ3v) is 3.79. The van der Waals surface area contributed by atoms with Crippen molar-refractivity contribution in [3.05, 3.63) is 17.8 Å². The molecule has 2 heterocycles. The van der Waals surface area contributed by atoms with Crippen molar-refractivity contribution in [1.29, 1.82) is 0 Å². The number of rotatable bonds is 7. The van der Waals surface area contributed by atoms with E-state index in [9.17, 15) is 9.59 Å². The smallest absolute Gasteiger partial charge is 0.313 e. The minimum Gasteiger partial charge on any atom is -0.481 e. The predicted octanol–water partition coefficient (Wildman–Crippen LogP) is 1.18. The number of pyridine rings is 1. The van der Waals surface area contributed by atoms with Crippen LogP contribution < -0.4 is 5.73 Å². The van der Waals surface area contributed by atoms with E-state index in [4.69, 9.17) is 10.8 Å². The van der Waals surface area contributed by atoms with Crippen molar-refractivity contribution in [2.45, 2.75) is 31.5 Å². The number of carbonyl (C=O) groups excluding carboxylic acids is 1. The maximum atomic E-state index is 10.8. The molecule has 0 atom stereocenters. The van der Waals surface area contributed by atoms with Gasteiger partial charge in [0.05, 0.1) is 5.75 Å². The van der Waals surface area contributed by atoms with Crippen molar-refractivity contribution in [1.82, 2.24) is 14.5 Å². The lowest BCUT2D eigenvalue weighted by Crippen LogP contribution is -2.12. The molecular weight excluding hydrogens is 292 g/mol. The average Bonchev–Trinajstić information content (AvgIpc) is 2.74. The molecule has 0 saturated heterocycles. The van der Waals surface area contributed by atoms with Crippen LogP contribution in [0.15, 0.2) is 17.3 Å². The number of fused-ring (bicyclic) bond motifs is 1. The van der Waals surface area contributed by atoms with Crippen LogP contribution >= 0.6 is 11.8 Å². The van der Waals surface area contributed by atoms with Gasteiger partial charge in [0.15, 0.2) is 10.8 Å². The molecule has 0 aliphatic rings. The minimum atomic E-state index is -0.903. The van der Waals surface area contributed by atoms with E-state index < -0.39 is 5.97 Å². The summed E-state index contributed by atoms with van der Waals surface area (Å²) < 4.78 is 1.85. The summed E-state index contributed by atoms with van der Waals surface area (Å²) in [6.07, 6.45) is 0.839. The number of carboxylic acid groups (broad SMARTS) is 1. The first-order chi connectivity index (χ1) is 9.97. The lowest BCUT2D eigenvalue weighted by atomic mass is 10.3. The fraction of sp³-hybridized carbons (Fsp3) is 0.385. The van der Waals surface area contributed by atoms with Crippen molar-refractivity contribution in [2.24, 2.45) is 5.73 Å². The number of thioether (sulfide) groups is 1. The summed E-state index contributed by atoms with van der Waals surface area (Å²) in [5.74, 6) is -1.33. The van der Waals surface area contributed by atoms with Gasteiger partial charge in [0.25, 0.3) is 0 Å². The van der Waals surface area contributed by atoms with Crippen LogP contribution in [-0.4, -0.2) is 37.3 Å². The Bertz CT molecular complexity index is 683. The summed E-state index contributed by atoms with van der Waals surface area (Å²) in [4.78, 5) is 30.4. The van der Waals surface area contributed by atoms with E-state index in [1.54, 1.807) is 0 Å². The van der Waals surface area contributed by atoms with Crippen molar-refractivity contribution in [3.63, 3.8) is 0 Å². The molecule has 0 radical (unpaired) electrons. The highest BCUT2D eigenvalue weighted by atomic mass is 32.2. The molecule has 1 amide bonds. The number of primary amides is 1. The second-order valence-corrected chi connectivity index (χ2v) is 5.54. The number of imidazole rings is 1. The van der Waals surface area contributed by atoms with Gasteiger partial charge in [0, 0.05) is 18.7 Å². The number of aromatic nitrogens is 3. The van der Waals surface area contributed by atoms with Crippen LogP contribution in [0, 0.1) is 6.92 Å². The largest absolute Gasteiger partial charge is 0.481 e. The Morgan fingerprint density at radius 1 is 1.38 bits per heavy atom. The molecule has 2 rings (SSSR count). The molecule has 0 aliphatic carbocycles. The van der Waals surface area contributed by atoms with E-state index >= 15 is 0 Å². The molecule has 0 aromatic carbocycles. The molecule has 8 heteroatoms. The van der Waals surface area contributed by atoms with Crippen LogP contribution in [0.5, 0.6) is 0 Å². The first-order valence-electron chi connectivity index (χ1n) is 6.44. The fourth-order valence-corrected chi connectivity index (χ4v) is 2.67. The van der Waals surface area contributed by atoms with Crippen molar-refractivity contribution in [3.8, 4) is 0 Å². The van der Waals surface area contributed by atoms with Crippen LogP contribution in [0.4, 0.5) is 0 Å². The number of hydrogen-bond donors (Lipinski definition) is 2. The van der Waals surface area contributed by atoms with Crippen molar-refractivity contribution >= 4 is 34.8 Å². The number of nitrogens with zero attached hydrogens (tertiary/aromatic N) is 3. The number of aliphatic carboxylic acids is 1. The number of carboxylic acids is 1. The molecule has 7 nitrogen and oxygen atoms in total. The summed E-state index contributed by atoms with van der Waals surface area (Å²) in [5, 5.41) is 9.39. The number of carbonyl (C=O) groups is 2. The summed E-state index contributed by atoms with van der Waals surface area (Å²) >= 11 is 1.14. The SMILES string of the molecule is Cc1ccc2nc(SCC(=O)O)n(CCCC(N)=O)c2n1. The molecule has 2 aromatic heterocycles. The maximum Gasteiger partial charge on any atom is 0.313 e. The molecule has 2 aromatic rings. The Hall–Kier alpha value is -2.09. The zero-order valence-corrected chi connectivity index (χ0v) is 12.4. The van der Waals surface area contributed by atoms with Crippen molar-refractivity contribution < 1.29 is 14.7 Å². The third-order valence-electron chi connectivity index (χ3n) is 2.83. The average molecular weight is 308 g/mol. The maximum absolute atomic E-state index is 10.8. The highest BCUT2D eigenvalue weighted by molar-refractivity contribution is 7.99. The molecule has 0 spiro atoms. The summed E-state index contributed by atoms with van der Waals surface area (Å²) in [6, 6.07) is 3.71. The van der Waals surface area contributed by atoms with Crippen LogP contribution in [0.25, 0.3) is 11.2 Å². The van der Waals surface area contributed by atoms with E-state index in [-0.39, 0.29) is 18.1 Å². The Kier molecular flexibility index (Phi) is 4.79. The molecule has 0 bridgehead atoms. The van der Waals surface area contributed by atoms with Gasteiger partial charge in [-0.05, 0) is 25.5 Å². The van der Waals surface area contributed by atoms with E-state index in [1.165, 1.54) is 0 Å². The molecule has 0 aliphatic heterocycles. The van der Waals surface area contributed by atoms with E-state index in [1.807, 2.05) is 23.6 Å². The van der Waals surface area contributed by atoms with Crippen LogP contribution in [0.1, 0.15) is 18.5 Å². The number of nitrogens with two attached hydrogens (primary N) is 1. The van der Waals surface area contributed by atoms with Gasteiger partial charge in [-0.25, -0.2) is 9.97 Å². The lowest BCUT2D eigenvalue weighted by Gasteiger charge is -2.07. The predicted molar refractivity (Wildman–Crippen MR) is 79.1 cm³/mol. The monoisotopic (exact) mass is 308 g/mol. The Morgan fingerprint density at radius 3 is 2.81 bits per heavy atom. The molecular formula is C13H16N4O3S. The summed E-state index contributed by atoms with van der Waals surface area (Å²) in [6.45, 7) is 2.40. The fourth-order valence-electron chi connectivity index (χ4n) is 1.92. The van der Waals surface area contributed by atoms with Gasteiger partial charge in [-0.3, -0.25) is 9.59 Å².